The lowest BCUT2D eigenvalue weighted by Crippen LogP contribution is -2.61. The minimum absolute atomic E-state index is 0.00277. The van der Waals surface area contributed by atoms with E-state index in [0.717, 1.165) is 26.9 Å². The van der Waals surface area contributed by atoms with Crippen molar-refractivity contribution in [2.75, 3.05) is 47.3 Å². The number of piperidine rings is 1. The van der Waals surface area contributed by atoms with E-state index < -0.39 is 30.0 Å². The van der Waals surface area contributed by atoms with Crippen LogP contribution >= 0.6 is 0 Å². The molecule has 12 nitrogen and oxygen atoms in total. The largest absolute Gasteiger partial charge is 0.465 e. The van der Waals surface area contributed by atoms with Gasteiger partial charge in [-0.25, -0.2) is 4.79 Å². The fourth-order valence-corrected chi connectivity index (χ4v) is 7.56. The zero-order valence-electron chi connectivity index (χ0n) is 29.0. The maximum Gasteiger partial charge on any atom is 0.408 e. The van der Waals surface area contributed by atoms with E-state index in [1.165, 1.54) is 18.4 Å². The van der Waals surface area contributed by atoms with E-state index in [2.05, 4.69) is 34.7 Å². The van der Waals surface area contributed by atoms with Crippen LogP contribution in [-0.2, 0) is 34.4 Å². The highest BCUT2D eigenvalue weighted by Crippen LogP contribution is 2.40. The molecule has 3 aromatic rings. The van der Waals surface area contributed by atoms with Crippen molar-refractivity contribution < 1.29 is 24.3 Å². The summed E-state index contributed by atoms with van der Waals surface area (Å²) in [5.74, 6) is -1.17. The van der Waals surface area contributed by atoms with Crippen LogP contribution in [0.3, 0.4) is 0 Å². The lowest BCUT2D eigenvalue weighted by Gasteiger charge is -2.41. The number of carbonyl (C=O) groups is 4. The van der Waals surface area contributed by atoms with E-state index in [-0.39, 0.29) is 30.8 Å². The molecule has 0 bridgehead atoms. The van der Waals surface area contributed by atoms with E-state index in [0.29, 0.717) is 51.2 Å². The van der Waals surface area contributed by atoms with Crippen molar-refractivity contribution in [2.45, 2.75) is 63.1 Å². The van der Waals surface area contributed by atoms with Crippen molar-refractivity contribution in [1.82, 2.24) is 34.7 Å². The average molecular weight is 672 g/mol. The maximum atomic E-state index is 14.6. The molecule has 2 saturated heterocycles. The van der Waals surface area contributed by atoms with Crippen LogP contribution in [0.2, 0.25) is 0 Å². The molecule has 2 aromatic carbocycles. The van der Waals surface area contributed by atoms with E-state index in [9.17, 15) is 24.3 Å². The summed E-state index contributed by atoms with van der Waals surface area (Å²) in [5.41, 5.74) is 4.40. The first-order chi connectivity index (χ1) is 23.5. The quantitative estimate of drug-likeness (QED) is 0.320. The van der Waals surface area contributed by atoms with Crippen LogP contribution in [-0.4, -0.2) is 118 Å². The van der Waals surface area contributed by atoms with Gasteiger partial charge in [-0.3, -0.25) is 24.0 Å². The number of hydrogen-bond donors (Lipinski definition) is 2. The topological polar surface area (TPSA) is 131 Å². The SMILES string of the molecule is CN(C)CCN(C)C(=O)[C@H]1CCCN(C(=O)O)[C@H]1C(=O)N1C[C@H](Cc2ccc(C3CC3)cc2)C[C@H]1C(=O)NCc1ccc2c(cnn2C)c1. The molecule has 0 unspecified atom stereocenters. The molecule has 6 rings (SSSR count). The smallest absolute Gasteiger partial charge is 0.408 e. The van der Waals surface area contributed by atoms with Crippen LogP contribution in [0.25, 0.3) is 10.9 Å². The van der Waals surface area contributed by atoms with Gasteiger partial charge in [0.15, 0.2) is 0 Å². The zero-order valence-corrected chi connectivity index (χ0v) is 29.0. The van der Waals surface area contributed by atoms with Crippen LogP contribution in [0.4, 0.5) is 4.79 Å². The Morgan fingerprint density at radius 1 is 0.959 bits per heavy atom. The van der Waals surface area contributed by atoms with Crippen molar-refractivity contribution >= 4 is 34.7 Å². The van der Waals surface area contributed by atoms with Gasteiger partial charge in [0, 0.05) is 52.2 Å². The maximum absolute atomic E-state index is 14.6. The molecule has 1 saturated carbocycles. The number of carbonyl (C=O) groups excluding carboxylic acids is 3. The van der Waals surface area contributed by atoms with Crippen LogP contribution in [0.1, 0.15) is 54.7 Å². The molecule has 2 N–H and O–H groups in total. The van der Waals surface area contributed by atoms with Gasteiger partial charge < -0.3 is 25.1 Å². The third-order valence-electron chi connectivity index (χ3n) is 10.5. The molecular weight excluding hydrogens is 622 g/mol. The van der Waals surface area contributed by atoms with Crippen molar-refractivity contribution in [2.24, 2.45) is 18.9 Å². The number of hydrogen-bond acceptors (Lipinski definition) is 6. The number of aryl methyl sites for hydroxylation is 1. The van der Waals surface area contributed by atoms with Crippen LogP contribution in [0.15, 0.2) is 48.7 Å². The molecule has 4 amide bonds. The highest BCUT2D eigenvalue weighted by molar-refractivity contribution is 5.96. The van der Waals surface area contributed by atoms with Crippen LogP contribution in [0, 0.1) is 11.8 Å². The first-order valence-corrected chi connectivity index (χ1v) is 17.5. The third kappa shape index (κ3) is 7.74. The van der Waals surface area contributed by atoms with E-state index in [4.69, 9.17) is 0 Å². The number of rotatable bonds is 11. The summed E-state index contributed by atoms with van der Waals surface area (Å²) >= 11 is 0. The van der Waals surface area contributed by atoms with Crippen molar-refractivity contribution in [3.63, 3.8) is 0 Å². The van der Waals surface area contributed by atoms with Gasteiger partial charge in [0.1, 0.15) is 12.1 Å². The fourth-order valence-electron chi connectivity index (χ4n) is 7.56. The Hall–Kier alpha value is -4.45. The number of benzene rings is 2. The normalized spacial score (nSPS) is 22.5. The number of fused-ring (bicyclic) bond motifs is 1. The second-order valence-electron chi connectivity index (χ2n) is 14.4. The van der Waals surface area contributed by atoms with Crippen molar-refractivity contribution in [3.05, 3.63) is 65.4 Å². The Morgan fingerprint density at radius 3 is 2.39 bits per heavy atom. The predicted octanol–water partition coefficient (Wildman–Crippen LogP) is 3.31. The summed E-state index contributed by atoms with van der Waals surface area (Å²) in [6, 6.07) is 12.6. The number of aromatic nitrogens is 2. The molecule has 0 spiro atoms. The molecule has 1 aromatic heterocycles. The number of nitrogens with zero attached hydrogens (tertiary/aromatic N) is 6. The Morgan fingerprint density at radius 2 is 1.69 bits per heavy atom. The lowest BCUT2D eigenvalue weighted by molar-refractivity contribution is -0.151. The van der Waals surface area contributed by atoms with E-state index in [1.807, 2.05) is 44.2 Å². The summed E-state index contributed by atoms with van der Waals surface area (Å²) in [5, 5.41) is 18.6. The highest BCUT2D eigenvalue weighted by Gasteiger charge is 2.49. The molecule has 3 fully saturated rings. The Bertz CT molecular complexity index is 1680. The molecule has 1 aliphatic carbocycles. The van der Waals surface area contributed by atoms with Crippen molar-refractivity contribution in [3.8, 4) is 0 Å². The van der Waals surface area contributed by atoms with Gasteiger partial charge in [-0.1, -0.05) is 30.3 Å². The molecule has 0 radical (unpaired) electrons. The summed E-state index contributed by atoms with van der Waals surface area (Å²) in [6.07, 6.45) is 5.05. The monoisotopic (exact) mass is 671 g/mol. The Kier molecular flexibility index (Phi) is 10.2. The Labute approximate surface area is 288 Å². The van der Waals surface area contributed by atoms with E-state index in [1.54, 1.807) is 27.7 Å². The molecule has 4 atom stereocenters. The second-order valence-corrected chi connectivity index (χ2v) is 14.4. The van der Waals surface area contributed by atoms with Crippen molar-refractivity contribution in [1.29, 1.82) is 0 Å². The van der Waals surface area contributed by atoms with Gasteiger partial charge in [-0.2, -0.15) is 5.10 Å². The highest BCUT2D eigenvalue weighted by atomic mass is 16.4. The first kappa shape index (κ1) is 34.4. The molecule has 3 heterocycles. The number of likely N-dealkylation sites (N-methyl/N-ethyl adjacent to an activating group) is 2. The molecule has 12 heteroatoms. The number of likely N-dealkylation sites (tertiary alicyclic amines) is 2. The molecule has 2 aliphatic heterocycles. The predicted molar refractivity (Wildman–Crippen MR) is 186 cm³/mol. The van der Waals surface area contributed by atoms with Crippen LogP contribution in [0.5, 0.6) is 0 Å². The summed E-state index contributed by atoms with van der Waals surface area (Å²) in [4.78, 5) is 61.2. The van der Waals surface area contributed by atoms with E-state index >= 15 is 0 Å². The zero-order chi connectivity index (χ0) is 34.8. The minimum Gasteiger partial charge on any atom is -0.465 e. The fraction of sp³-hybridized carbons (Fsp3) is 0.541. The standard InChI is InChI=1S/C37H49N7O5/c1-40(2)16-17-41(3)35(46)30-6-5-15-43(37(48)49)33(30)36(47)44-23-26(18-24-7-10-27(11-8-24)28-12-13-28)20-32(44)34(45)38-21-25-9-14-31-29(19-25)22-39-42(31)4/h7-11,14,19,22,26,28,30,32-33H,5-6,12-13,15-18,20-21,23H2,1-4H3,(H,38,45)(H,48,49)/t26-,30+,32+,33-/m1/s1. The molecule has 3 aliphatic rings. The lowest BCUT2D eigenvalue weighted by atomic mass is 9.86. The summed E-state index contributed by atoms with van der Waals surface area (Å²) < 4.78 is 1.79. The first-order valence-electron chi connectivity index (χ1n) is 17.5. The van der Waals surface area contributed by atoms with Gasteiger partial charge in [0.25, 0.3) is 0 Å². The summed E-state index contributed by atoms with van der Waals surface area (Å²) in [6.45, 7) is 1.84. The van der Waals surface area contributed by atoms with Gasteiger partial charge in [0.05, 0.1) is 17.6 Å². The third-order valence-corrected chi connectivity index (χ3v) is 10.5. The number of nitrogens with one attached hydrogen (secondary N) is 1. The molecule has 262 valence electrons. The molecule has 49 heavy (non-hydrogen) atoms. The van der Waals surface area contributed by atoms with Gasteiger partial charge in [0.2, 0.25) is 17.7 Å². The Balaban J connectivity index is 1.24. The van der Waals surface area contributed by atoms with Gasteiger partial charge in [-0.15, -0.1) is 0 Å². The second kappa shape index (κ2) is 14.6. The number of amides is 4. The van der Waals surface area contributed by atoms with Gasteiger partial charge >= 0.3 is 6.09 Å². The number of carboxylic acid groups (broad SMARTS) is 1. The molecular formula is C37H49N7O5. The van der Waals surface area contributed by atoms with Gasteiger partial charge in [-0.05, 0) is 93.3 Å². The minimum atomic E-state index is -1.23. The average Bonchev–Trinajstić information content (AvgIpc) is 3.76. The summed E-state index contributed by atoms with van der Waals surface area (Å²) in [7, 11) is 7.42. The van der Waals surface area contributed by atoms with Crippen LogP contribution < -0.4 is 5.32 Å².